The lowest BCUT2D eigenvalue weighted by molar-refractivity contribution is -0.143. The van der Waals surface area contributed by atoms with E-state index < -0.39 is 41.8 Å². The maximum Gasteiger partial charge on any atom is 0.315 e. The summed E-state index contributed by atoms with van der Waals surface area (Å²) in [5, 5.41) is 10.5. The Labute approximate surface area is 272 Å². The number of primary amides is 1. The summed E-state index contributed by atoms with van der Waals surface area (Å²) in [6.07, 6.45) is 8.99. The molecule has 5 amide bonds. The van der Waals surface area contributed by atoms with Gasteiger partial charge in [-0.3, -0.25) is 19.2 Å². The minimum atomic E-state index is -1.07. The van der Waals surface area contributed by atoms with E-state index in [4.69, 9.17) is 10.0 Å². The number of urea groups is 1. The number of likely N-dealkylation sites (tertiary alicyclic amines) is 1. The SMILES string of the molecule is CN(CC(NC(=O)NC(C(=O)N1CCCC1C(=O)NC(CC1CCC1)C(=O)C(N)=O)C1CCCCC1)C(C)(C)C)OSN(C)C. The number of nitrogens with one attached hydrogen (secondary N) is 3. The molecule has 13 nitrogen and oxygen atoms in total. The first kappa shape index (κ1) is 37.0. The average molecular weight is 654 g/mol. The van der Waals surface area contributed by atoms with Crippen LogP contribution in [0.4, 0.5) is 4.79 Å². The first-order chi connectivity index (χ1) is 21.2. The Balaban J connectivity index is 1.73. The molecule has 4 atom stereocenters. The number of ketones is 1. The summed E-state index contributed by atoms with van der Waals surface area (Å²) < 4.78 is 7.49. The minimum Gasteiger partial charge on any atom is -0.363 e. The lowest BCUT2D eigenvalue weighted by atomic mass is 9.80. The van der Waals surface area contributed by atoms with Gasteiger partial charge in [-0.1, -0.05) is 59.3 Å². The Morgan fingerprint density at radius 3 is 2.13 bits per heavy atom. The molecule has 4 unspecified atom stereocenters. The number of hydrogen-bond donors (Lipinski definition) is 4. The predicted molar refractivity (Wildman–Crippen MR) is 173 cm³/mol. The van der Waals surface area contributed by atoms with Crippen molar-refractivity contribution in [2.45, 2.75) is 116 Å². The van der Waals surface area contributed by atoms with Gasteiger partial charge in [-0.25, -0.2) is 13.4 Å². The zero-order valence-corrected chi connectivity index (χ0v) is 28.7. The molecule has 0 spiro atoms. The summed E-state index contributed by atoms with van der Waals surface area (Å²) in [5.74, 6) is -2.43. The first-order valence-electron chi connectivity index (χ1n) is 16.4. The second-order valence-corrected chi connectivity index (χ2v) is 15.2. The molecule has 3 rings (SSSR count). The van der Waals surface area contributed by atoms with E-state index in [2.05, 4.69) is 16.0 Å². The van der Waals surface area contributed by atoms with Crippen LogP contribution in [0.2, 0.25) is 0 Å². The van der Waals surface area contributed by atoms with Crippen molar-refractivity contribution < 1.29 is 28.3 Å². The van der Waals surface area contributed by atoms with Crippen molar-refractivity contribution in [3.63, 3.8) is 0 Å². The van der Waals surface area contributed by atoms with Gasteiger partial charge in [0.25, 0.3) is 5.91 Å². The predicted octanol–water partition coefficient (Wildman–Crippen LogP) is 2.36. The lowest BCUT2D eigenvalue weighted by Crippen LogP contribution is -2.60. The van der Waals surface area contributed by atoms with Crippen LogP contribution in [-0.4, -0.2) is 102 Å². The van der Waals surface area contributed by atoms with E-state index in [1.54, 1.807) is 17.0 Å². The van der Waals surface area contributed by atoms with E-state index in [0.29, 0.717) is 32.4 Å². The molecule has 0 radical (unpaired) electrons. The molecule has 1 heterocycles. The van der Waals surface area contributed by atoms with Crippen LogP contribution in [0, 0.1) is 17.3 Å². The number of hydrogen-bond acceptors (Lipinski definition) is 9. The van der Waals surface area contributed by atoms with E-state index in [1.807, 2.05) is 39.2 Å². The van der Waals surface area contributed by atoms with Crippen LogP contribution in [0.1, 0.15) is 91.4 Å². The van der Waals surface area contributed by atoms with Crippen molar-refractivity contribution in [2.24, 2.45) is 23.0 Å². The maximum absolute atomic E-state index is 14.2. The quantitative estimate of drug-likeness (QED) is 0.0898. The largest absolute Gasteiger partial charge is 0.363 e. The Kier molecular flexibility index (Phi) is 13.9. The van der Waals surface area contributed by atoms with Crippen molar-refractivity contribution in [3.05, 3.63) is 0 Å². The normalized spacial score (nSPS) is 21.6. The number of amides is 5. The standard InChI is InChI=1S/C31H55N7O6S/c1-31(2,3)24(19-37(6)44-45-36(4)5)34-30(43)35-25(21-14-8-7-9-15-21)29(42)38-17-11-16-23(38)28(41)33-22(26(39)27(32)40)18-20-12-10-13-20/h20-25H,7-19H2,1-6H3,(H2,32,40)(H,33,41)(H2,34,35,43). The number of Topliss-reactive ketones (excluding diaryl/α,β-unsaturated/α-hetero) is 1. The van der Waals surface area contributed by atoms with E-state index in [1.165, 1.54) is 12.2 Å². The number of carbonyl (C=O) groups is 5. The van der Waals surface area contributed by atoms with Crippen molar-refractivity contribution in [2.75, 3.05) is 34.2 Å². The highest BCUT2D eigenvalue weighted by Gasteiger charge is 2.42. The number of hydroxylamine groups is 2. The van der Waals surface area contributed by atoms with Gasteiger partial charge >= 0.3 is 6.03 Å². The molecule has 14 heteroatoms. The van der Waals surface area contributed by atoms with Crippen LogP contribution >= 0.6 is 12.2 Å². The van der Waals surface area contributed by atoms with Crippen LogP contribution in [0.25, 0.3) is 0 Å². The van der Waals surface area contributed by atoms with Gasteiger partial charge in [0.1, 0.15) is 24.3 Å². The minimum absolute atomic E-state index is 0.0558. The van der Waals surface area contributed by atoms with Crippen molar-refractivity contribution in [1.82, 2.24) is 30.2 Å². The van der Waals surface area contributed by atoms with Crippen LogP contribution in [-0.2, 0) is 23.5 Å². The molecule has 0 aromatic carbocycles. The fourth-order valence-corrected chi connectivity index (χ4v) is 6.66. The third-order valence-electron chi connectivity index (χ3n) is 9.28. The Hall–Kier alpha value is -2.42. The number of likely N-dealkylation sites (N-methyl/N-ethyl adjacent to an activating group) is 1. The molecule has 0 aromatic heterocycles. The highest BCUT2D eigenvalue weighted by molar-refractivity contribution is 7.92. The Morgan fingerprint density at radius 1 is 0.911 bits per heavy atom. The number of rotatable bonds is 15. The number of nitrogens with zero attached hydrogens (tertiary/aromatic N) is 3. The maximum atomic E-state index is 14.2. The van der Waals surface area contributed by atoms with Crippen LogP contribution in [0.5, 0.6) is 0 Å². The molecule has 2 saturated carbocycles. The van der Waals surface area contributed by atoms with Gasteiger partial charge in [-0.2, -0.15) is 5.06 Å². The molecule has 0 aromatic rings. The summed E-state index contributed by atoms with van der Waals surface area (Å²) >= 11 is 1.18. The Morgan fingerprint density at radius 2 is 1.58 bits per heavy atom. The summed E-state index contributed by atoms with van der Waals surface area (Å²) in [6.45, 7) is 6.88. The zero-order valence-electron chi connectivity index (χ0n) is 27.9. The average Bonchev–Trinajstić information content (AvgIpc) is 3.45. The summed E-state index contributed by atoms with van der Waals surface area (Å²) in [5.41, 5.74) is 4.99. The highest BCUT2D eigenvalue weighted by atomic mass is 32.2. The molecule has 3 aliphatic rings. The van der Waals surface area contributed by atoms with Gasteiger partial charge in [-0.05, 0) is 63.5 Å². The molecule has 3 fully saturated rings. The van der Waals surface area contributed by atoms with Gasteiger partial charge in [0.05, 0.1) is 12.1 Å². The molecule has 256 valence electrons. The van der Waals surface area contributed by atoms with Crippen molar-refractivity contribution in [3.8, 4) is 0 Å². The van der Waals surface area contributed by atoms with Crippen LogP contribution in [0.15, 0.2) is 0 Å². The van der Waals surface area contributed by atoms with Gasteiger partial charge in [-0.15, -0.1) is 0 Å². The second-order valence-electron chi connectivity index (χ2n) is 14.2. The van der Waals surface area contributed by atoms with Gasteiger partial charge in [0.2, 0.25) is 17.6 Å². The van der Waals surface area contributed by atoms with Gasteiger partial charge in [0.15, 0.2) is 0 Å². The molecule has 2 aliphatic carbocycles. The van der Waals surface area contributed by atoms with Crippen LogP contribution in [0.3, 0.4) is 0 Å². The molecule has 45 heavy (non-hydrogen) atoms. The molecular formula is C31H55N7O6S. The lowest BCUT2D eigenvalue weighted by Gasteiger charge is -2.37. The fourth-order valence-electron chi connectivity index (χ4n) is 6.35. The molecule has 1 saturated heterocycles. The van der Waals surface area contributed by atoms with Crippen molar-refractivity contribution in [1.29, 1.82) is 0 Å². The van der Waals surface area contributed by atoms with Crippen molar-refractivity contribution >= 4 is 41.8 Å². The molecular weight excluding hydrogens is 598 g/mol. The monoisotopic (exact) mass is 653 g/mol. The van der Waals surface area contributed by atoms with E-state index in [0.717, 1.165) is 51.4 Å². The summed E-state index contributed by atoms with van der Waals surface area (Å²) in [4.78, 5) is 67.1. The third kappa shape index (κ3) is 11.1. The van der Waals surface area contributed by atoms with Gasteiger partial charge in [0, 0.05) is 20.1 Å². The molecule has 5 N–H and O–H groups in total. The van der Waals surface area contributed by atoms with E-state index >= 15 is 0 Å². The third-order valence-corrected chi connectivity index (χ3v) is 9.90. The topological polar surface area (TPSA) is 166 Å². The molecule has 0 bridgehead atoms. The smallest absolute Gasteiger partial charge is 0.315 e. The number of carbonyl (C=O) groups excluding carboxylic acids is 5. The van der Waals surface area contributed by atoms with E-state index in [9.17, 15) is 24.0 Å². The summed E-state index contributed by atoms with van der Waals surface area (Å²) in [6, 6.07) is -3.33. The second kappa shape index (κ2) is 16.9. The number of nitrogens with two attached hydrogens (primary N) is 1. The van der Waals surface area contributed by atoms with E-state index in [-0.39, 0.29) is 29.2 Å². The van der Waals surface area contributed by atoms with Gasteiger partial charge < -0.3 is 26.6 Å². The fraction of sp³-hybridized carbons (Fsp3) is 0.839. The molecule has 1 aliphatic heterocycles. The first-order valence-corrected chi connectivity index (χ1v) is 17.1. The highest BCUT2D eigenvalue weighted by Crippen LogP contribution is 2.32. The summed E-state index contributed by atoms with van der Waals surface area (Å²) in [7, 11) is 5.54. The Bertz CT molecular complexity index is 1040. The van der Waals surface area contributed by atoms with Crippen LogP contribution < -0.4 is 21.7 Å². The zero-order chi connectivity index (χ0) is 33.3.